The van der Waals surface area contributed by atoms with Gasteiger partial charge in [0.05, 0.1) is 13.2 Å². The number of rotatable bonds is 4. The third-order valence-corrected chi connectivity index (χ3v) is 2.00. The minimum atomic E-state index is -1.18. The standard InChI is InChI=1S/C13H12O2/c1-3-13(4-2,15-11-10-14)12-8-6-5-7-9-12/h1-2,5-9,14H,10-11H2. The molecular formula is C13H12O2. The molecule has 0 aliphatic heterocycles. The molecule has 15 heavy (non-hydrogen) atoms. The first-order valence-corrected chi connectivity index (χ1v) is 4.55. The van der Waals surface area contributed by atoms with Crippen molar-refractivity contribution >= 4 is 0 Å². The smallest absolute Gasteiger partial charge is 0.216 e. The molecule has 0 atom stereocenters. The fourth-order valence-electron chi connectivity index (χ4n) is 1.25. The van der Waals surface area contributed by atoms with E-state index in [2.05, 4.69) is 11.8 Å². The Kier molecular flexibility index (Phi) is 3.94. The molecule has 0 unspecified atom stereocenters. The highest BCUT2D eigenvalue weighted by atomic mass is 16.5. The third-order valence-electron chi connectivity index (χ3n) is 2.00. The molecule has 76 valence electrons. The Hall–Kier alpha value is -1.74. The van der Waals surface area contributed by atoms with E-state index in [1.807, 2.05) is 18.2 Å². The van der Waals surface area contributed by atoms with Crippen molar-refractivity contribution in [3.8, 4) is 24.7 Å². The summed E-state index contributed by atoms with van der Waals surface area (Å²) in [7, 11) is 0. The lowest BCUT2D eigenvalue weighted by Crippen LogP contribution is -2.27. The van der Waals surface area contributed by atoms with Gasteiger partial charge in [0, 0.05) is 5.56 Å². The van der Waals surface area contributed by atoms with Crippen LogP contribution < -0.4 is 0 Å². The second-order valence-electron chi connectivity index (χ2n) is 2.91. The van der Waals surface area contributed by atoms with Crippen LogP contribution in [0.3, 0.4) is 0 Å². The summed E-state index contributed by atoms with van der Waals surface area (Å²) in [6, 6.07) is 9.14. The van der Waals surface area contributed by atoms with Gasteiger partial charge < -0.3 is 9.84 Å². The summed E-state index contributed by atoms with van der Waals surface area (Å²) in [4.78, 5) is 0. The molecule has 0 radical (unpaired) electrons. The molecule has 0 amide bonds. The maximum absolute atomic E-state index is 8.71. The number of aliphatic hydroxyl groups excluding tert-OH is 1. The van der Waals surface area contributed by atoms with Crippen LogP contribution in [0.1, 0.15) is 5.56 Å². The SMILES string of the molecule is C#CC(C#C)(OCCO)c1ccccc1. The minimum Gasteiger partial charge on any atom is -0.394 e. The van der Waals surface area contributed by atoms with Crippen LogP contribution in [0.25, 0.3) is 0 Å². The van der Waals surface area contributed by atoms with Crippen LogP contribution in [0, 0.1) is 24.7 Å². The van der Waals surface area contributed by atoms with Crippen LogP contribution in [0.15, 0.2) is 30.3 Å². The first-order valence-electron chi connectivity index (χ1n) is 4.55. The Morgan fingerprint density at radius 1 is 1.20 bits per heavy atom. The summed E-state index contributed by atoms with van der Waals surface area (Å²) in [5, 5.41) is 8.71. The Balaban J connectivity index is 3.03. The van der Waals surface area contributed by atoms with Gasteiger partial charge in [-0.2, -0.15) is 0 Å². The average molecular weight is 200 g/mol. The van der Waals surface area contributed by atoms with Crippen LogP contribution in [0.2, 0.25) is 0 Å². The van der Waals surface area contributed by atoms with Crippen molar-refractivity contribution in [2.75, 3.05) is 13.2 Å². The Morgan fingerprint density at radius 2 is 1.80 bits per heavy atom. The van der Waals surface area contributed by atoms with E-state index in [9.17, 15) is 0 Å². The van der Waals surface area contributed by atoms with E-state index in [4.69, 9.17) is 22.7 Å². The predicted molar refractivity (Wildman–Crippen MR) is 58.8 cm³/mol. The van der Waals surface area contributed by atoms with Gasteiger partial charge in [-0.05, 0) is 0 Å². The summed E-state index contributed by atoms with van der Waals surface area (Å²) >= 11 is 0. The van der Waals surface area contributed by atoms with Gasteiger partial charge in [0.2, 0.25) is 5.60 Å². The number of ether oxygens (including phenoxy) is 1. The molecule has 0 saturated heterocycles. The van der Waals surface area contributed by atoms with E-state index >= 15 is 0 Å². The molecule has 2 nitrogen and oxygen atoms in total. The lowest BCUT2D eigenvalue weighted by molar-refractivity contribution is 0.0165. The summed E-state index contributed by atoms with van der Waals surface area (Å²) < 4.78 is 5.34. The van der Waals surface area contributed by atoms with E-state index in [0.717, 1.165) is 5.56 Å². The van der Waals surface area contributed by atoms with Gasteiger partial charge in [-0.25, -0.2) is 0 Å². The fraction of sp³-hybridized carbons (Fsp3) is 0.231. The van der Waals surface area contributed by atoms with E-state index in [1.54, 1.807) is 12.1 Å². The van der Waals surface area contributed by atoms with Crippen molar-refractivity contribution in [3.63, 3.8) is 0 Å². The van der Waals surface area contributed by atoms with Gasteiger partial charge in [-0.1, -0.05) is 42.2 Å². The lowest BCUT2D eigenvalue weighted by Gasteiger charge is -2.22. The number of aliphatic hydroxyl groups is 1. The van der Waals surface area contributed by atoms with Crippen LogP contribution in [0.4, 0.5) is 0 Å². The molecular weight excluding hydrogens is 188 g/mol. The van der Waals surface area contributed by atoms with Crippen molar-refractivity contribution in [1.82, 2.24) is 0 Å². The first-order chi connectivity index (χ1) is 7.29. The van der Waals surface area contributed by atoms with Crippen LogP contribution in [0.5, 0.6) is 0 Å². The topological polar surface area (TPSA) is 29.5 Å². The van der Waals surface area contributed by atoms with E-state index < -0.39 is 5.60 Å². The van der Waals surface area contributed by atoms with Crippen LogP contribution in [-0.2, 0) is 10.3 Å². The van der Waals surface area contributed by atoms with Gasteiger partial charge in [0.15, 0.2) is 0 Å². The molecule has 0 fully saturated rings. The molecule has 0 heterocycles. The number of benzene rings is 1. The zero-order chi connectivity index (χ0) is 11.1. The van der Waals surface area contributed by atoms with Crippen LogP contribution in [-0.4, -0.2) is 18.3 Å². The Labute approximate surface area is 89.9 Å². The second-order valence-corrected chi connectivity index (χ2v) is 2.91. The van der Waals surface area contributed by atoms with E-state index in [-0.39, 0.29) is 13.2 Å². The molecule has 2 heteroatoms. The molecule has 0 aliphatic carbocycles. The zero-order valence-electron chi connectivity index (χ0n) is 8.31. The second kappa shape index (κ2) is 5.22. The average Bonchev–Trinajstić information content (AvgIpc) is 2.33. The highest BCUT2D eigenvalue weighted by Gasteiger charge is 2.27. The zero-order valence-corrected chi connectivity index (χ0v) is 8.31. The highest BCUT2D eigenvalue weighted by molar-refractivity contribution is 5.39. The monoisotopic (exact) mass is 200 g/mol. The molecule has 1 aromatic carbocycles. The normalized spacial score (nSPS) is 10.3. The number of terminal acetylenes is 2. The largest absolute Gasteiger partial charge is 0.394 e. The Morgan fingerprint density at radius 3 is 2.27 bits per heavy atom. The highest BCUT2D eigenvalue weighted by Crippen LogP contribution is 2.23. The van der Waals surface area contributed by atoms with Crippen molar-refractivity contribution in [2.45, 2.75) is 5.60 Å². The summed E-state index contributed by atoms with van der Waals surface area (Å²) in [5.74, 6) is 4.89. The van der Waals surface area contributed by atoms with Gasteiger partial charge in [0.1, 0.15) is 0 Å². The third kappa shape index (κ3) is 2.39. The van der Waals surface area contributed by atoms with Gasteiger partial charge in [-0.3, -0.25) is 0 Å². The first kappa shape index (κ1) is 11.3. The maximum Gasteiger partial charge on any atom is 0.216 e. The van der Waals surface area contributed by atoms with Crippen molar-refractivity contribution in [1.29, 1.82) is 0 Å². The van der Waals surface area contributed by atoms with Gasteiger partial charge in [0.25, 0.3) is 0 Å². The number of hydrogen-bond acceptors (Lipinski definition) is 2. The van der Waals surface area contributed by atoms with Gasteiger partial charge >= 0.3 is 0 Å². The molecule has 0 aliphatic rings. The maximum atomic E-state index is 8.71. The van der Waals surface area contributed by atoms with E-state index in [0.29, 0.717) is 0 Å². The number of hydrogen-bond donors (Lipinski definition) is 1. The fourth-order valence-corrected chi connectivity index (χ4v) is 1.25. The Bertz CT molecular complexity index is 367. The predicted octanol–water partition coefficient (Wildman–Crippen LogP) is 1.16. The molecule has 1 N–H and O–H groups in total. The van der Waals surface area contributed by atoms with Gasteiger partial charge in [-0.15, -0.1) is 12.8 Å². The molecule has 1 rings (SSSR count). The molecule has 0 aromatic heterocycles. The summed E-state index contributed by atoms with van der Waals surface area (Å²) in [5.41, 5.74) is -0.451. The van der Waals surface area contributed by atoms with Crippen molar-refractivity contribution < 1.29 is 9.84 Å². The van der Waals surface area contributed by atoms with Crippen LogP contribution >= 0.6 is 0 Å². The quantitative estimate of drug-likeness (QED) is 0.739. The minimum absolute atomic E-state index is 0.113. The lowest BCUT2D eigenvalue weighted by atomic mass is 9.95. The van der Waals surface area contributed by atoms with E-state index in [1.165, 1.54) is 0 Å². The molecule has 0 saturated carbocycles. The summed E-state index contributed by atoms with van der Waals surface area (Å²) in [6.07, 6.45) is 10.8. The molecule has 0 spiro atoms. The van der Waals surface area contributed by atoms with Crippen molar-refractivity contribution in [3.05, 3.63) is 35.9 Å². The summed E-state index contributed by atoms with van der Waals surface area (Å²) in [6.45, 7) is 0.00123. The molecule has 0 bridgehead atoms. The van der Waals surface area contributed by atoms with Crippen molar-refractivity contribution in [2.24, 2.45) is 0 Å². The molecule has 1 aromatic rings.